The molecule has 0 aromatic heterocycles. The molecule has 0 radical (unpaired) electrons. The lowest BCUT2D eigenvalue weighted by molar-refractivity contribution is 0.209. The third kappa shape index (κ3) is 6.05. The summed E-state index contributed by atoms with van der Waals surface area (Å²) in [5.41, 5.74) is 0. The van der Waals surface area contributed by atoms with E-state index in [1.54, 1.807) is 0 Å². The van der Waals surface area contributed by atoms with Gasteiger partial charge in [-0.2, -0.15) is 0 Å². The standard InChI is InChI=1S/C11H26N2/c1-5-7-8-11(3)13(6-2)10-9-12-4/h11-12H,5-10H2,1-4H3. The van der Waals surface area contributed by atoms with Gasteiger partial charge in [0.1, 0.15) is 0 Å². The van der Waals surface area contributed by atoms with Crippen molar-refractivity contribution in [3.05, 3.63) is 0 Å². The van der Waals surface area contributed by atoms with Crippen LogP contribution in [-0.4, -0.2) is 37.6 Å². The van der Waals surface area contributed by atoms with Crippen molar-refractivity contribution in [3.8, 4) is 0 Å². The molecule has 0 aromatic rings. The number of nitrogens with zero attached hydrogens (tertiary/aromatic N) is 1. The van der Waals surface area contributed by atoms with E-state index in [9.17, 15) is 0 Å². The minimum absolute atomic E-state index is 0.748. The molecule has 0 bridgehead atoms. The molecule has 0 amide bonds. The molecule has 0 aliphatic carbocycles. The SMILES string of the molecule is CCCCC(C)N(CC)CCNC. The van der Waals surface area contributed by atoms with Crippen molar-refractivity contribution < 1.29 is 0 Å². The first-order valence-electron chi connectivity index (χ1n) is 5.64. The average Bonchev–Trinajstić information content (AvgIpc) is 2.16. The van der Waals surface area contributed by atoms with Crippen LogP contribution in [0.2, 0.25) is 0 Å². The Bertz CT molecular complexity index is 104. The summed E-state index contributed by atoms with van der Waals surface area (Å²) in [6.07, 6.45) is 4.01. The summed E-state index contributed by atoms with van der Waals surface area (Å²) in [7, 11) is 2.02. The molecule has 1 N–H and O–H groups in total. The second kappa shape index (κ2) is 8.52. The first kappa shape index (κ1) is 12.9. The van der Waals surface area contributed by atoms with Crippen LogP contribution in [0.15, 0.2) is 0 Å². The molecule has 80 valence electrons. The van der Waals surface area contributed by atoms with Gasteiger partial charge < -0.3 is 5.32 Å². The lowest BCUT2D eigenvalue weighted by Gasteiger charge is -2.27. The maximum Gasteiger partial charge on any atom is 0.0109 e. The third-order valence-electron chi connectivity index (χ3n) is 2.65. The van der Waals surface area contributed by atoms with Gasteiger partial charge in [-0.15, -0.1) is 0 Å². The minimum atomic E-state index is 0.748. The number of nitrogens with one attached hydrogen (secondary N) is 1. The Hall–Kier alpha value is -0.0800. The molecule has 0 saturated carbocycles. The van der Waals surface area contributed by atoms with E-state index in [-0.39, 0.29) is 0 Å². The van der Waals surface area contributed by atoms with Gasteiger partial charge >= 0.3 is 0 Å². The Balaban J connectivity index is 3.63. The summed E-state index contributed by atoms with van der Waals surface area (Å²) in [5, 5.41) is 3.20. The van der Waals surface area contributed by atoms with Crippen LogP contribution in [0.3, 0.4) is 0 Å². The zero-order valence-corrected chi connectivity index (χ0v) is 9.77. The van der Waals surface area contributed by atoms with E-state index >= 15 is 0 Å². The van der Waals surface area contributed by atoms with Crippen LogP contribution in [0.25, 0.3) is 0 Å². The monoisotopic (exact) mass is 186 g/mol. The van der Waals surface area contributed by atoms with Crippen molar-refractivity contribution in [1.29, 1.82) is 0 Å². The Morgan fingerprint density at radius 3 is 2.46 bits per heavy atom. The highest BCUT2D eigenvalue weighted by atomic mass is 15.2. The van der Waals surface area contributed by atoms with Crippen molar-refractivity contribution >= 4 is 0 Å². The van der Waals surface area contributed by atoms with Crippen LogP contribution >= 0.6 is 0 Å². The van der Waals surface area contributed by atoms with Crippen molar-refractivity contribution in [2.45, 2.75) is 46.1 Å². The van der Waals surface area contributed by atoms with E-state index in [1.807, 2.05) is 7.05 Å². The van der Waals surface area contributed by atoms with Crippen LogP contribution in [0.4, 0.5) is 0 Å². The van der Waals surface area contributed by atoms with Gasteiger partial charge in [-0.05, 0) is 26.9 Å². The van der Waals surface area contributed by atoms with Gasteiger partial charge in [0.15, 0.2) is 0 Å². The molecule has 0 heterocycles. The quantitative estimate of drug-likeness (QED) is 0.624. The van der Waals surface area contributed by atoms with E-state index in [0.717, 1.165) is 12.6 Å². The Morgan fingerprint density at radius 1 is 1.31 bits per heavy atom. The topological polar surface area (TPSA) is 15.3 Å². The lowest BCUT2D eigenvalue weighted by atomic mass is 10.1. The molecule has 13 heavy (non-hydrogen) atoms. The van der Waals surface area contributed by atoms with E-state index in [1.165, 1.54) is 32.4 Å². The van der Waals surface area contributed by atoms with Gasteiger partial charge in [0.05, 0.1) is 0 Å². The van der Waals surface area contributed by atoms with Crippen LogP contribution in [0, 0.1) is 0 Å². The molecule has 1 unspecified atom stereocenters. The maximum absolute atomic E-state index is 3.20. The van der Waals surface area contributed by atoms with Crippen molar-refractivity contribution in [2.75, 3.05) is 26.7 Å². The molecule has 2 nitrogen and oxygen atoms in total. The second-order valence-corrected chi connectivity index (χ2v) is 3.72. The van der Waals surface area contributed by atoms with Gasteiger partial charge in [0.25, 0.3) is 0 Å². The molecule has 0 aromatic carbocycles. The highest BCUT2D eigenvalue weighted by molar-refractivity contribution is 4.66. The minimum Gasteiger partial charge on any atom is -0.318 e. The summed E-state index contributed by atoms with van der Waals surface area (Å²) < 4.78 is 0. The van der Waals surface area contributed by atoms with Crippen LogP contribution in [0.5, 0.6) is 0 Å². The van der Waals surface area contributed by atoms with Crippen molar-refractivity contribution in [3.63, 3.8) is 0 Å². The van der Waals surface area contributed by atoms with Crippen LogP contribution in [0.1, 0.15) is 40.0 Å². The number of hydrogen-bond acceptors (Lipinski definition) is 2. The van der Waals surface area contributed by atoms with Crippen molar-refractivity contribution in [1.82, 2.24) is 10.2 Å². The second-order valence-electron chi connectivity index (χ2n) is 3.72. The maximum atomic E-state index is 3.20. The molecule has 0 aliphatic rings. The number of hydrogen-bond donors (Lipinski definition) is 1. The molecular weight excluding hydrogens is 160 g/mol. The predicted molar refractivity (Wildman–Crippen MR) is 60.2 cm³/mol. The fourth-order valence-corrected chi connectivity index (χ4v) is 1.63. The summed E-state index contributed by atoms with van der Waals surface area (Å²) in [5.74, 6) is 0. The van der Waals surface area contributed by atoms with E-state index < -0.39 is 0 Å². The third-order valence-corrected chi connectivity index (χ3v) is 2.65. The first-order valence-corrected chi connectivity index (χ1v) is 5.64. The predicted octanol–water partition coefficient (Wildman–Crippen LogP) is 2.11. The highest BCUT2D eigenvalue weighted by Gasteiger charge is 2.09. The number of rotatable bonds is 8. The average molecular weight is 186 g/mol. The first-order chi connectivity index (χ1) is 6.26. The fraction of sp³-hybridized carbons (Fsp3) is 1.00. The van der Waals surface area contributed by atoms with Gasteiger partial charge in [0, 0.05) is 19.1 Å². The summed E-state index contributed by atoms with van der Waals surface area (Å²) >= 11 is 0. The van der Waals surface area contributed by atoms with Crippen LogP contribution < -0.4 is 5.32 Å². The summed E-state index contributed by atoms with van der Waals surface area (Å²) in [6, 6.07) is 0.748. The van der Waals surface area contributed by atoms with Gasteiger partial charge in [0.2, 0.25) is 0 Å². The highest BCUT2D eigenvalue weighted by Crippen LogP contribution is 2.07. The zero-order valence-electron chi connectivity index (χ0n) is 9.77. The molecule has 1 atom stereocenters. The Labute approximate surface area is 83.7 Å². The number of unbranched alkanes of at least 4 members (excludes halogenated alkanes) is 1. The summed E-state index contributed by atoms with van der Waals surface area (Å²) in [4.78, 5) is 2.55. The lowest BCUT2D eigenvalue weighted by Crippen LogP contribution is -2.37. The molecule has 0 rings (SSSR count). The summed E-state index contributed by atoms with van der Waals surface area (Å²) in [6.45, 7) is 10.3. The van der Waals surface area contributed by atoms with Gasteiger partial charge in [-0.1, -0.05) is 26.7 Å². The van der Waals surface area contributed by atoms with E-state index in [2.05, 4.69) is 31.0 Å². The largest absolute Gasteiger partial charge is 0.318 e. The Kier molecular flexibility index (Phi) is 8.46. The van der Waals surface area contributed by atoms with Gasteiger partial charge in [-0.25, -0.2) is 0 Å². The zero-order chi connectivity index (χ0) is 10.1. The molecule has 0 spiro atoms. The molecule has 0 aliphatic heterocycles. The normalized spacial score (nSPS) is 13.6. The van der Waals surface area contributed by atoms with E-state index in [4.69, 9.17) is 0 Å². The van der Waals surface area contributed by atoms with Gasteiger partial charge in [-0.3, -0.25) is 4.90 Å². The molecule has 0 saturated heterocycles. The molecule has 2 heteroatoms. The molecular formula is C11H26N2. The number of likely N-dealkylation sites (N-methyl/N-ethyl adjacent to an activating group) is 2. The van der Waals surface area contributed by atoms with E-state index in [0.29, 0.717) is 0 Å². The fourth-order valence-electron chi connectivity index (χ4n) is 1.63. The Morgan fingerprint density at radius 2 is 2.00 bits per heavy atom. The van der Waals surface area contributed by atoms with Crippen LogP contribution in [-0.2, 0) is 0 Å². The smallest absolute Gasteiger partial charge is 0.0109 e. The molecule has 0 fully saturated rings. The van der Waals surface area contributed by atoms with Crippen molar-refractivity contribution in [2.24, 2.45) is 0 Å².